The highest BCUT2D eigenvalue weighted by Gasteiger charge is 2.17. The van der Waals surface area contributed by atoms with E-state index >= 15 is 0 Å². The molecule has 26 heavy (non-hydrogen) atoms. The second kappa shape index (κ2) is 9.72. The molecular weight excluding hydrogens is 334 g/mol. The zero-order valence-corrected chi connectivity index (χ0v) is 14.9. The summed E-state index contributed by atoms with van der Waals surface area (Å²) in [6.07, 6.45) is 6.10. The Bertz CT molecular complexity index is 725. The maximum atomic E-state index is 12.0. The Morgan fingerprint density at radius 1 is 1.23 bits per heavy atom. The first-order valence-electron chi connectivity index (χ1n) is 8.83. The summed E-state index contributed by atoms with van der Waals surface area (Å²) in [5.41, 5.74) is 6.82. The van der Waals surface area contributed by atoms with Crippen LogP contribution in [0.4, 0.5) is 0 Å². The van der Waals surface area contributed by atoms with Crippen molar-refractivity contribution in [2.24, 2.45) is 5.73 Å². The Morgan fingerprint density at radius 3 is 2.62 bits per heavy atom. The van der Waals surface area contributed by atoms with Crippen LogP contribution >= 0.6 is 0 Å². The average Bonchev–Trinajstić information content (AvgIpc) is 3.09. The number of rotatable bonds is 10. The van der Waals surface area contributed by atoms with E-state index in [1.165, 1.54) is 12.1 Å². The zero-order chi connectivity index (χ0) is 18.9. The summed E-state index contributed by atoms with van der Waals surface area (Å²) < 4.78 is 5.63. The van der Waals surface area contributed by atoms with Crippen molar-refractivity contribution in [3.63, 3.8) is 0 Å². The number of carbonyl (C=O) groups excluding carboxylic acids is 1. The van der Waals surface area contributed by atoms with Gasteiger partial charge in [0, 0.05) is 18.5 Å². The minimum atomic E-state index is -0.985. The molecule has 2 rings (SSSR count). The molecule has 7 nitrogen and oxygen atoms in total. The highest BCUT2D eigenvalue weighted by molar-refractivity contribution is 5.88. The number of nitrogens with one attached hydrogen (secondary N) is 1. The molecule has 140 valence electrons. The molecule has 1 atom stereocenters. The van der Waals surface area contributed by atoms with Gasteiger partial charge < -0.3 is 20.6 Å². The van der Waals surface area contributed by atoms with Crippen LogP contribution in [0.1, 0.15) is 48.9 Å². The second-order valence-electron chi connectivity index (χ2n) is 6.16. The maximum absolute atomic E-state index is 12.0. The van der Waals surface area contributed by atoms with Crippen molar-refractivity contribution < 1.29 is 19.1 Å². The van der Waals surface area contributed by atoms with Crippen LogP contribution in [-0.2, 0) is 11.2 Å². The fourth-order valence-electron chi connectivity index (χ4n) is 2.49. The summed E-state index contributed by atoms with van der Waals surface area (Å²) in [6, 6.07) is 5.57. The number of carboxylic acid groups (broad SMARTS) is 1. The number of aromatic nitrogens is 1. The lowest BCUT2D eigenvalue weighted by atomic mass is 10.1. The van der Waals surface area contributed by atoms with Gasteiger partial charge in [-0.25, -0.2) is 9.78 Å². The molecule has 7 heteroatoms. The smallest absolute Gasteiger partial charge is 0.335 e. The van der Waals surface area contributed by atoms with Crippen LogP contribution in [-0.4, -0.2) is 34.6 Å². The largest absolute Gasteiger partial charge is 0.478 e. The predicted octanol–water partition coefficient (Wildman–Crippen LogP) is 2.61. The van der Waals surface area contributed by atoms with Gasteiger partial charge in [-0.1, -0.05) is 38.3 Å². The van der Waals surface area contributed by atoms with Crippen LogP contribution in [0.25, 0.3) is 11.3 Å². The highest BCUT2D eigenvalue weighted by Crippen LogP contribution is 2.21. The summed E-state index contributed by atoms with van der Waals surface area (Å²) in [6.45, 7) is 2.76. The lowest BCUT2D eigenvalue weighted by molar-refractivity contribution is -0.122. The standard InChI is InChI=1S/C19H25N3O4/c1-2-3-4-5-10-21-18(23)15(20)11-17-22-12-16(26-17)13-6-8-14(9-7-13)19(24)25/h6-9,12,15H,2-5,10-11,20H2,1H3,(H,21,23)(H,24,25). The number of nitrogens with two attached hydrogens (primary N) is 1. The van der Waals surface area contributed by atoms with E-state index in [0.717, 1.165) is 25.7 Å². The molecule has 0 bridgehead atoms. The predicted molar refractivity (Wildman–Crippen MR) is 97.7 cm³/mol. The Morgan fingerprint density at radius 2 is 1.96 bits per heavy atom. The van der Waals surface area contributed by atoms with Gasteiger partial charge in [0.05, 0.1) is 17.8 Å². The molecule has 1 heterocycles. The van der Waals surface area contributed by atoms with E-state index < -0.39 is 12.0 Å². The molecule has 0 aliphatic heterocycles. The topological polar surface area (TPSA) is 118 Å². The van der Waals surface area contributed by atoms with E-state index in [0.29, 0.717) is 23.8 Å². The van der Waals surface area contributed by atoms with Gasteiger partial charge in [-0.3, -0.25) is 4.79 Å². The van der Waals surface area contributed by atoms with E-state index in [1.54, 1.807) is 18.3 Å². The summed E-state index contributed by atoms with van der Waals surface area (Å²) >= 11 is 0. The van der Waals surface area contributed by atoms with E-state index in [-0.39, 0.29) is 17.9 Å². The lowest BCUT2D eigenvalue weighted by Gasteiger charge is -2.10. The number of carboxylic acids is 1. The summed E-state index contributed by atoms with van der Waals surface area (Å²) in [4.78, 5) is 27.0. The molecule has 1 unspecified atom stereocenters. The number of unbranched alkanes of at least 4 members (excludes halogenated alkanes) is 3. The van der Waals surface area contributed by atoms with E-state index in [1.807, 2.05) is 0 Å². The van der Waals surface area contributed by atoms with E-state index in [4.69, 9.17) is 15.3 Å². The molecular formula is C19H25N3O4. The van der Waals surface area contributed by atoms with Gasteiger partial charge in [-0.05, 0) is 18.6 Å². The first-order valence-corrected chi connectivity index (χ1v) is 8.83. The number of amides is 1. The highest BCUT2D eigenvalue weighted by atomic mass is 16.4. The first kappa shape index (κ1) is 19.7. The van der Waals surface area contributed by atoms with Crippen LogP contribution < -0.4 is 11.1 Å². The van der Waals surface area contributed by atoms with Crippen LogP contribution in [0, 0.1) is 0 Å². The normalized spacial score (nSPS) is 11.9. The average molecular weight is 359 g/mol. The SMILES string of the molecule is CCCCCCNC(=O)C(N)Cc1ncc(-c2ccc(C(=O)O)cc2)o1. The molecule has 0 aliphatic rings. The van der Waals surface area contributed by atoms with Gasteiger partial charge in [0.25, 0.3) is 0 Å². The minimum Gasteiger partial charge on any atom is -0.478 e. The Kier molecular flexibility index (Phi) is 7.35. The van der Waals surface area contributed by atoms with Crippen molar-refractivity contribution in [2.45, 2.75) is 45.1 Å². The molecule has 0 spiro atoms. The van der Waals surface area contributed by atoms with Gasteiger partial charge in [0.1, 0.15) is 0 Å². The lowest BCUT2D eigenvalue weighted by Crippen LogP contribution is -2.42. The molecule has 2 aromatic rings. The third-order valence-corrected chi connectivity index (χ3v) is 4.03. The number of oxazole rings is 1. The van der Waals surface area contributed by atoms with Crippen LogP contribution in [0.15, 0.2) is 34.9 Å². The number of benzene rings is 1. The van der Waals surface area contributed by atoms with E-state index in [2.05, 4.69) is 17.2 Å². The van der Waals surface area contributed by atoms with Gasteiger partial charge in [-0.15, -0.1) is 0 Å². The second-order valence-corrected chi connectivity index (χ2v) is 6.16. The summed E-state index contributed by atoms with van der Waals surface area (Å²) in [5, 5.41) is 11.7. The third-order valence-electron chi connectivity index (χ3n) is 4.03. The minimum absolute atomic E-state index is 0.200. The molecule has 4 N–H and O–H groups in total. The number of carbonyl (C=O) groups is 2. The molecule has 1 amide bonds. The summed E-state index contributed by atoms with van der Waals surface area (Å²) in [5.74, 6) is -0.325. The number of hydrogen-bond acceptors (Lipinski definition) is 5. The van der Waals surface area contributed by atoms with Crippen molar-refractivity contribution in [3.8, 4) is 11.3 Å². The zero-order valence-electron chi connectivity index (χ0n) is 14.9. The Labute approximate surface area is 152 Å². The molecule has 0 aliphatic carbocycles. The quantitative estimate of drug-likeness (QED) is 0.561. The molecule has 0 fully saturated rings. The third kappa shape index (κ3) is 5.70. The van der Waals surface area contributed by atoms with Crippen molar-refractivity contribution in [1.29, 1.82) is 0 Å². The molecule has 1 aromatic heterocycles. The molecule has 1 aromatic carbocycles. The van der Waals surface area contributed by atoms with Crippen LogP contribution in [0.3, 0.4) is 0 Å². The van der Waals surface area contributed by atoms with Crippen molar-refractivity contribution in [1.82, 2.24) is 10.3 Å². The number of nitrogens with zero attached hydrogens (tertiary/aromatic N) is 1. The fourth-order valence-corrected chi connectivity index (χ4v) is 2.49. The van der Waals surface area contributed by atoms with E-state index in [9.17, 15) is 9.59 Å². The molecule has 0 saturated carbocycles. The van der Waals surface area contributed by atoms with Gasteiger partial charge >= 0.3 is 5.97 Å². The van der Waals surface area contributed by atoms with Crippen molar-refractivity contribution in [2.75, 3.05) is 6.54 Å². The van der Waals surface area contributed by atoms with Crippen molar-refractivity contribution in [3.05, 3.63) is 41.9 Å². The fraction of sp³-hybridized carbons (Fsp3) is 0.421. The Hall–Kier alpha value is -2.67. The van der Waals surface area contributed by atoms with Crippen molar-refractivity contribution >= 4 is 11.9 Å². The monoisotopic (exact) mass is 359 g/mol. The number of aromatic carboxylic acids is 1. The molecule has 0 saturated heterocycles. The van der Waals surface area contributed by atoms with Gasteiger partial charge in [-0.2, -0.15) is 0 Å². The van der Waals surface area contributed by atoms with Crippen LogP contribution in [0.5, 0.6) is 0 Å². The maximum Gasteiger partial charge on any atom is 0.335 e. The summed E-state index contributed by atoms with van der Waals surface area (Å²) in [7, 11) is 0. The van der Waals surface area contributed by atoms with Gasteiger partial charge in [0.15, 0.2) is 11.7 Å². The van der Waals surface area contributed by atoms with Crippen LogP contribution in [0.2, 0.25) is 0 Å². The Balaban J connectivity index is 1.86. The van der Waals surface area contributed by atoms with Gasteiger partial charge in [0.2, 0.25) is 5.91 Å². The number of hydrogen-bond donors (Lipinski definition) is 3. The molecule has 0 radical (unpaired) electrons. The first-order chi connectivity index (χ1) is 12.5.